The van der Waals surface area contributed by atoms with Gasteiger partial charge in [-0.15, -0.1) is 12.3 Å². The molecule has 0 saturated carbocycles. The van der Waals surface area contributed by atoms with Gasteiger partial charge in [-0.3, -0.25) is 9.59 Å². The molecule has 0 radical (unpaired) electrons. The third-order valence-corrected chi connectivity index (χ3v) is 2.23. The Bertz CT molecular complexity index is 261. The van der Waals surface area contributed by atoms with E-state index in [1.54, 1.807) is 0 Å². The van der Waals surface area contributed by atoms with Gasteiger partial charge in [0.25, 0.3) is 0 Å². The maximum absolute atomic E-state index is 11.2. The monoisotopic (exact) mass is 166 g/mol. The highest BCUT2D eigenvalue weighted by Gasteiger charge is 2.48. The van der Waals surface area contributed by atoms with Crippen LogP contribution in [0.25, 0.3) is 0 Å². The molecule has 3 heteroatoms. The minimum absolute atomic E-state index is 0.154. The van der Waals surface area contributed by atoms with Crippen molar-refractivity contribution in [1.82, 2.24) is 0 Å². The van der Waals surface area contributed by atoms with Crippen molar-refractivity contribution >= 4 is 11.8 Å². The van der Waals surface area contributed by atoms with Crippen LogP contribution in [0.5, 0.6) is 0 Å². The number of terminal acetylenes is 1. The van der Waals surface area contributed by atoms with Gasteiger partial charge in [-0.2, -0.15) is 0 Å². The van der Waals surface area contributed by atoms with Crippen LogP contribution in [-0.2, 0) is 14.3 Å². The van der Waals surface area contributed by atoms with E-state index in [1.807, 2.05) is 0 Å². The predicted octanol–water partition coefficient (Wildman–Crippen LogP) is 0.532. The summed E-state index contributed by atoms with van der Waals surface area (Å²) >= 11 is 0. The van der Waals surface area contributed by atoms with Crippen molar-refractivity contribution in [3.63, 3.8) is 0 Å². The number of rotatable bonds is 2. The second-order valence-electron chi connectivity index (χ2n) is 2.91. The van der Waals surface area contributed by atoms with Crippen molar-refractivity contribution in [3.8, 4) is 12.3 Å². The molecule has 0 amide bonds. The summed E-state index contributed by atoms with van der Waals surface area (Å²) in [7, 11) is 0. The van der Waals surface area contributed by atoms with E-state index in [-0.39, 0.29) is 12.2 Å². The van der Waals surface area contributed by atoms with Crippen LogP contribution in [0.4, 0.5) is 0 Å². The zero-order valence-corrected chi connectivity index (χ0v) is 6.92. The van der Waals surface area contributed by atoms with Gasteiger partial charge in [0.1, 0.15) is 11.2 Å². The Kier molecular flexibility index (Phi) is 2.18. The van der Waals surface area contributed by atoms with Crippen molar-refractivity contribution < 1.29 is 14.3 Å². The van der Waals surface area contributed by atoms with Gasteiger partial charge in [-0.05, 0) is 6.92 Å². The van der Waals surface area contributed by atoms with Gasteiger partial charge < -0.3 is 4.74 Å². The van der Waals surface area contributed by atoms with Crippen LogP contribution < -0.4 is 0 Å². The van der Waals surface area contributed by atoms with Crippen LogP contribution in [-0.4, -0.2) is 18.4 Å². The number of esters is 1. The number of carbonyl (C=O) groups is 2. The Labute approximate surface area is 71.1 Å². The van der Waals surface area contributed by atoms with Crippen LogP contribution >= 0.6 is 0 Å². The summed E-state index contributed by atoms with van der Waals surface area (Å²) < 4.78 is 4.73. The summed E-state index contributed by atoms with van der Waals surface area (Å²) in [6.45, 7) is 1.68. The molecule has 3 nitrogen and oxygen atoms in total. The minimum atomic E-state index is -1.03. The van der Waals surface area contributed by atoms with E-state index in [4.69, 9.17) is 11.2 Å². The van der Waals surface area contributed by atoms with Gasteiger partial charge in [0.2, 0.25) is 0 Å². The maximum atomic E-state index is 11.2. The van der Waals surface area contributed by atoms with Crippen LogP contribution in [0.3, 0.4) is 0 Å². The van der Waals surface area contributed by atoms with Crippen LogP contribution in [0.15, 0.2) is 0 Å². The van der Waals surface area contributed by atoms with Crippen molar-refractivity contribution in [2.24, 2.45) is 5.41 Å². The third-order valence-electron chi connectivity index (χ3n) is 2.23. The first-order valence-electron chi connectivity index (χ1n) is 3.75. The van der Waals surface area contributed by atoms with Crippen molar-refractivity contribution in [1.29, 1.82) is 0 Å². The first-order valence-corrected chi connectivity index (χ1v) is 3.75. The summed E-state index contributed by atoms with van der Waals surface area (Å²) in [5.41, 5.74) is -1.03. The number of hydrogen-bond acceptors (Lipinski definition) is 3. The molecule has 0 aromatic rings. The molecule has 1 saturated heterocycles. The Balaban J connectivity index is 2.95. The fraction of sp³-hybridized carbons (Fsp3) is 0.556. The molecule has 0 N–H and O–H groups in total. The van der Waals surface area contributed by atoms with Gasteiger partial charge >= 0.3 is 5.97 Å². The smallest absolute Gasteiger partial charge is 0.320 e. The van der Waals surface area contributed by atoms with E-state index >= 15 is 0 Å². The third kappa shape index (κ3) is 1.10. The number of ketones is 1. The minimum Gasteiger partial charge on any atom is -0.465 e. The molecule has 0 spiro atoms. The first-order chi connectivity index (χ1) is 5.63. The molecule has 1 fully saturated rings. The second kappa shape index (κ2) is 2.98. The molecular weight excluding hydrogens is 156 g/mol. The quantitative estimate of drug-likeness (QED) is 0.341. The topological polar surface area (TPSA) is 43.4 Å². The predicted molar refractivity (Wildman–Crippen MR) is 42.1 cm³/mol. The zero-order chi connectivity index (χ0) is 9.19. The summed E-state index contributed by atoms with van der Waals surface area (Å²) in [5.74, 6) is 1.68. The average Bonchev–Trinajstić information content (AvgIpc) is 2.34. The highest BCUT2D eigenvalue weighted by atomic mass is 16.5. The summed E-state index contributed by atoms with van der Waals surface area (Å²) in [4.78, 5) is 22.4. The molecule has 12 heavy (non-hydrogen) atoms. The van der Waals surface area contributed by atoms with Crippen molar-refractivity contribution in [2.75, 3.05) is 6.61 Å². The van der Waals surface area contributed by atoms with E-state index in [0.717, 1.165) is 0 Å². The highest BCUT2D eigenvalue weighted by Crippen LogP contribution is 2.34. The summed E-state index contributed by atoms with van der Waals surface area (Å²) in [6, 6.07) is 0. The van der Waals surface area contributed by atoms with Crippen LogP contribution in [0.2, 0.25) is 0 Å². The lowest BCUT2D eigenvalue weighted by atomic mass is 9.80. The van der Waals surface area contributed by atoms with E-state index < -0.39 is 11.4 Å². The van der Waals surface area contributed by atoms with E-state index in [0.29, 0.717) is 13.0 Å². The summed E-state index contributed by atoms with van der Waals surface area (Å²) in [5, 5.41) is 0. The molecule has 0 aromatic heterocycles. The Morgan fingerprint density at radius 1 is 1.83 bits per heavy atom. The van der Waals surface area contributed by atoms with Gasteiger partial charge in [-0.25, -0.2) is 0 Å². The van der Waals surface area contributed by atoms with E-state index in [9.17, 15) is 9.59 Å². The number of carbonyl (C=O) groups excluding carboxylic acids is 2. The lowest BCUT2D eigenvalue weighted by Gasteiger charge is -2.17. The molecule has 1 aliphatic rings. The van der Waals surface area contributed by atoms with Crippen LogP contribution in [0, 0.1) is 17.8 Å². The second-order valence-corrected chi connectivity index (χ2v) is 2.91. The van der Waals surface area contributed by atoms with Crippen LogP contribution in [0.1, 0.15) is 19.8 Å². The standard InChI is InChI=1S/C9H10O3/c1-3-4-9(7(2)10)5-6-12-8(9)11/h1H,4-6H2,2H3/t9-/m0/s1. The normalized spacial score (nSPS) is 27.8. The molecule has 0 aromatic carbocycles. The van der Waals surface area contributed by atoms with E-state index in [2.05, 4.69) is 5.92 Å². The van der Waals surface area contributed by atoms with Crippen molar-refractivity contribution in [3.05, 3.63) is 0 Å². The number of cyclic esters (lactones) is 1. The maximum Gasteiger partial charge on any atom is 0.320 e. The van der Waals surface area contributed by atoms with Crippen molar-refractivity contribution in [2.45, 2.75) is 19.8 Å². The Morgan fingerprint density at radius 3 is 2.83 bits per heavy atom. The molecule has 0 unspecified atom stereocenters. The number of ether oxygens (including phenoxy) is 1. The highest BCUT2D eigenvalue weighted by molar-refractivity contribution is 6.04. The molecule has 1 aliphatic heterocycles. The SMILES string of the molecule is C#CC[C@@]1(C(C)=O)CCOC1=O. The van der Waals surface area contributed by atoms with E-state index in [1.165, 1.54) is 6.92 Å². The lowest BCUT2D eigenvalue weighted by Crippen LogP contribution is -2.33. The molecule has 0 bridgehead atoms. The Hall–Kier alpha value is -1.30. The number of Topliss-reactive ketones (excluding diaryl/α,β-unsaturated/α-hetero) is 1. The molecular formula is C9H10O3. The van der Waals surface area contributed by atoms with Gasteiger partial charge in [0.05, 0.1) is 6.61 Å². The fourth-order valence-corrected chi connectivity index (χ4v) is 1.34. The van der Waals surface area contributed by atoms with Gasteiger partial charge in [0, 0.05) is 12.8 Å². The molecule has 0 aliphatic carbocycles. The lowest BCUT2D eigenvalue weighted by molar-refractivity contribution is -0.150. The largest absolute Gasteiger partial charge is 0.465 e. The molecule has 1 rings (SSSR count). The molecule has 1 heterocycles. The summed E-state index contributed by atoms with van der Waals surface area (Å²) in [6.07, 6.45) is 5.66. The average molecular weight is 166 g/mol. The fourth-order valence-electron chi connectivity index (χ4n) is 1.34. The first kappa shape index (κ1) is 8.79. The van der Waals surface area contributed by atoms with Gasteiger partial charge in [-0.1, -0.05) is 0 Å². The molecule has 1 atom stereocenters. The zero-order valence-electron chi connectivity index (χ0n) is 6.92. The Morgan fingerprint density at radius 2 is 2.50 bits per heavy atom. The molecule has 64 valence electrons. The van der Waals surface area contributed by atoms with Gasteiger partial charge in [0.15, 0.2) is 0 Å². The number of hydrogen-bond donors (Lipinski definition) is 0.